The Bertz CT molecular complexity index is 1080. The van der Waals surface area contributed by atoms with E-state index in [0.717, 1.165) is 22.5 Å². The average molecular weight is 384 g/mol. The second-order valence-corrected chi connectivity index (χ2v) is 6.70. The number of hydrogen-bond acceptors (Lipinski definition) is 4. The Morgan fingerprint density at radius 2 is 2.00 bits per heavy atom. The second-order valence-electron chi connectivity index (χ2n) is 6.26. The van der Waals surface area contributed by atoms with Crippen molar-refractivity contribution in [2.24, 2.45) is 12.0 Å². The van der Waals surface area contributed by atoms with Gasteiger partial charge in [0.15, 0.2) is 12.5 Å². The maximum absolute atomic E-state index is 12.9. The van der Waals surface area contributed by atoms with Crippen LogP contribution in [0.4, 0.5) is 5.69 Å². The summed E-state index contributed by atoms with van der Waals surface area (Å²) in [6.45, 7) is 2.48. The molecular weight excluding hydrogens is 366 g/mol. The molecule has 0 fully saturated rings. The number of benzene rings is 2. The molecule has 0 bridgehead atoms. The van der Waals surface area contributed by atoms with E-state index >= 15 is 0 Å². The number of aliphatic imine (C=N–C) groups is 1. The lowest BCUT2D eigenvalue weighted by Gasteiger charge is -2.19. The third kappa shape index (κ3) is 3.18. The zero-order valence-corrected chi connectivity index (χ0v) is 15.7. The SMILES string of the molecule is Cc1c(N=Cc2cc(Cl)cc3c2OCOC3)c(=O)n(-c2ccccc2)n1C. The van der Waals surface area contributed by atoms with Gasteiger partial charge in [0.2, 0.25) is 0 Å². The van der Waals surface area contributed by atoms with Crippen LogP contribution in [-0.4, -0.2) is 22.4 Å². The minimum absolute atomic E-state index is 0.181. The summed E-state index contributed by atoms with van der Waals surface area (Å²) in [5, 5.41) is 0.566. The second kappa shape index (κ2) is 7.06. The molecule has 7 heteroatoms. The zero-order valence-electron chi connectivity index (χ0n) is 15.0. The molecule has 27 heavy (non-hydrogen) atoms. The molecular formula is C20H18ClN3O3. The van der Waals surface area contributed by atoms with Crippen molar-refractivity contribution in [3.63, 3.8) is 0 Å². The van der Waals surface area contributed by atoms with Crippen molar-refractivity contribution in [3.8, 4) is 11.4 Å². The molecule has 1 aliphatic heterocycles. The summed E-state index contributed by atoms with van der Waals surface area (Å²) in [5.41, 5.74) is 3.33. The molecule has 0 unspecified atom stereocenters. The largest absolute Gasteiger partial charge is 0.466 e. The van der Waals surface area contributed by atoms with Crippen molar-refractivity contribution < 1.29 is 9.47 Å². The number of para-hydroxylation sites is 1. The lowest BCUT2D eigenvalue weighted by molar-refractivity contribution is -0.0164. The van der Waals surface area contributed by atoms with Crippen molar-refractivity contribution in [1.82, 2.24) is 9.36 Å². The molecule has 0 saturated carbocycles. The highest BCUT2D eigenvalue weighted by Gasteiger charge is 2.17. The van der Waals surface area contributed by atoms with Gasteiger partial charge in [-0.3, -0.25) is 9.48 Å². The van der Waals surface area contributed by atoms with E-state index in [0.29, 0.717) is 23.1 Å². The monoisotopic (exact) mass is 383 g/mol. The molecule has 1 aromatic heterocycles. The molecule has 0 amide bonds. The maximum Gasteiger partial charge on any atom is 0.297 e. The van der Waals surface area contributed by atoms with E-state index in [2.05, 4.69) is 4.99 Å². The van der Waals surface area contributed by atoms with E-state index in [1.807, 2.05) is 50.4 Å². The third-order valence-corrected chi connectivity index (χ3v) is 4.78. The number of aromatic nitrogens is 2. The molecule has 0 aliphatic carbocycles. The van der Waals surface area contributed by atoms with Crippen LogP contribution in [0.25, 0.3) is 5.69 Å². The standard InChI is InChI=1S/C20H18ClN3O3/c1-13-18(20(25)24(23(13)2)17-6-4-3-5-7-17)22-10-14-8-16(21)9-15-11-26-12-27-19(14)15/h3-10H,11-12H2,1-2H3. The van der Waals surface area contributed by atoms with E-state index < -0.39 is 0 Å². The Hall–Kier alpha value is -2.83. The molecule has 2 heterocycles. The van der Waals surface area contributed by atoms with Crippen LogP contribution in [0, 0.1) is 6.92 Å². The van der Waals surface area contributed by atoms with E-state index in [4.69, 9.17) is 21.1 Å². The van der Waals surface area contributed by atoms with Crippen LogP contribution in [0.1, 0.15) is 16.8 Å². The molecule has 0 radical (unpaired) electrons. The Balaban J connectivity index is 1.79. The van der Waals surface area contributed by atoms with Crippen molar-refractivity contribution in [3.05, 3.63) is 74.7 Å². The van der Waals surface area contributed by atoms with Gasteiger partial charge in [0.25, 0.3) is 5.56 Å². The van der Waals surface area contributed by atoms with E-state index in [1.165, 1.54) is 0 Å². The average Bonchev–Trinajstić information content (AvgIpc) is 2.89. The summed E-state index contributed by atoms with van der Waals surface area (Å²) < 4.78 is 14.3. The van der Waals surface area contributed by atoms with Crippen molar-refractivity contribution >= 4 is 23.5 Å². The molecule has 1 aliphatic rings. The van der Waals surface area contributed by atoms with Crippen LogP contribution in [0.2, 0.25) is 5.02 Å². The van der Waals surface area contributed by atoms with Gasteiger partial charge in [-0.25, -0.2) is 9.67 Å². The van der Waals surface area contributed by atoms with Crippen LogP contribution in [0.3, 0.4) is 0 Å². The molecule has 138 valence electrons. The van der Waals surface area contributed by atoms with Crippen LogP contribution in [-0.2, 0) is 18.4 Å². The predicted molar refractivity (Wildman–Crippen MR) is 105 cm³/mol. The summed E-state index contributed by atoms with van der Waals surface area (Å²) in [7, 11) is 1.84. The number of nitrogens with zero attached hydrogens (tertiary/aromatic N) is 3. The van der Waals surface area contributed by atoms with Gasteiger partial charge < -0.3 is 9.47 Å². The number of ether oxygens (including phenoxy) is 2. The van der Waals surface area contributed by atoms with Crippen LogP contribution < -0.4 is 10.3 Å². The quantitative estimate of drug-likeness (QED) is 0.647. The van der Waals surface area contributed by atoms with Crippen molar-refractivity contribution in [1.29, 1.82) is 0 Å². The van der Waals surface area contributed by atoms with E-state index in [-0.39, 0.29) is 12.4 Å². The van der Waals surface area contributed by atoms with Gasteiger partial charge in [-0.15, -0.1) is 0 Å². The smallest absolute Gasteiger partial charge is 0.297 e. The van der Waals surface area contributed by atoms with Gasteiger partial charge in [-0.2, -0.15) is 0 Å². The fourth-order valence-corrected chi connectivity index (χ4v) is 3.39. The Morgan fingerprint density at radius 1 is 1.22 bits per heavy atom. The highest BCUT2D eigenvalue weighted by atomic mass is 35.5. The normalized spacial score (nSPS) is 13.6. The van der Waals surface area contributed by atoms with Crippen LogP contribution in [0.15, 0.2) is 52.3 Å². The van der Waals surface area contributed by atoms with Crippen LogP contribution >= 0.6 is 11.6 Å². The molecule has 4 rings (SSSR count). The summed E-state index contributed by atoms with van der Waals surface area (Å²) in [6.07, 6.45) is 1.62. The van der Waals surface area contributed by atoms with Crippen molar-refractivity contribution in [2.45, 2.75) is 13.5 Å². The van der Waals surface area contributed by atoms with Gasteiger partial charge >= 0.3 is 0 Å². The number of halogens is 1. The Labute approximate surface area is 161 Å². The number of hydrogen-bond donors (Lipinski definition) is 0. The molecule has 0 spiro atoms. The Kier molecular flexibility index (Phi) is 4.59. The number of fused-ring (bicyclic) bond motifs is 1. The zero-order chi connectivity index (χ0) is 19.0. The van der Waals surface area contributed by atoms with Gasteiger partial charge in [0, 0.05) is 29.4 Å². The van der Waals surface area contributed by atoms with Crippen molar-refractivity contribution in [2.75, 3.05) is 6.79 Å². The molecule has 0 saturated heterocycles. The first-order valence-electron chi connectivity index (χ1n) is 8.47. The molecule has 0 N–H and O–H groups in total. The molecule has 0 atom stereocenters. The first kappa shape index (κ1) is 17.6. The number of rotatable bonds is 3. The van der Waals surface area contributed by atoms with Crippen LogP contribution in [0.5, 0.6) is 5.75 Å². The van der Waals surface area contributed by atoms with E-state index in [9.17, 15) is 4.79 Å². The van der Waals surface area contributed by atoms with Gasteiger partial charge in [0.1, 0.15) is 5.75 Å². The van der Waals surface area contributed by atoms with Gasteiger partial charge in [0.05, 0.1) is 18.0 Å². The van der Waals surface area contributed by atoms with E-state index in [1.54, 1.807) is 21.6 Å². The summed E-state index contributed by atoms with van der Waals surface area (Å²) in [4.78, 5) is 17.4. The maximum atomic E-state index is 12.9. The lowest BCUT2D eigenvalue weighted by Crippen LogP contribution is -2.19. The first-order chi connectivity index (χ1) is 13.1. The highest BCUT2D eigenvalue weighted by molar-refractivity contribution is 6.31. The third-order valence-electron chi connectivity index (χ3n) is 4.56. The fourth-order valence-electron chi connectivity index (χ4n) is 3.14. The lowest BCUT2D eigenvalue weighted by atomic mass is 10.1. The molecule has 6 nitrogen and oxygen atoms in total. The topological polar surface area (TPSA) is 57.8 Å². The summed E-state index contributed by atoms with van der Waals surface area (Å²) in [5.74, 6) is 0.686. The fraction of sp³-hybridized carbons (Fsp3) is 0.200. The van der Waals surface area contributed by atoms with Gasteiger partial charge in [-0.05, 0) is 31.2 Å². The first-order valence-corrected chi connectivity index (χ1v) is 8.85. The highest BCUT2D eigenvalue weighted by Crippen LogP contribution is 2.31. The minimum atomic E-state index is -0.183. The molecule has 3 aromatic rings. The summed E-state index contributed by atoms with van der Waals surface area (Å²) in [6, 6.07) is 13.0. The van der Waals surface area contributed by atoms with Gasteiger partial charge in [-0.1, -0.05) is 29.8 Å². The Morgan fingerprint density at radius 3 is 2.78 bits per heavy atom. The molecule has 2 aromatic carbocycles. The minimum Gasteiger partial charge on any atom is -0.466 e. The summed E-state index contributed by atoms with van der Waals surface area (Å²) >= 11 is 6.19. The predicted octanol–water partition coefficient (Wildman–Crippen LogP) is 3.75.